The maximum absolute atomic E-state index is 4.96. The molecule has 2 unspecified atom stereocenters. The molecule has 0 saturated carbocycles. The highest BCUT2D eigenvalue weighted by molar-refractivity contribution is 5.74. The number of hydrogen-bond donors (Lipinski definition) is 1. The molecule has 0 spiro atoms. The Balaban J connectivity index is 1.17. The van der Waals surface area contributed by atoms with E-state index in [4.69, 9.17) is 9.97 Å². The molecular weight excluding hydrogens is 552 g/mol. The fourth-order valence-electron chi connectivity index (χ4n) is 6.76. The van der Waals surface area contributed by atoms with E-state index < -0.39 is 0 Å². The fourth-order valence-corrected chi connectivity index (χ4v) is 6.76. The molecule has 0 amide bonds. The van der Waals surface area contributed by atoms with Gasteiger partial charge < -0.3 is 4.98 Å². The third-order valence-corrected chi connectivity index (χ3v) is 9.08. The lowest BCUT2D eigenvalue weighted by molar-refractivity contribution is 0.153. The minimum atomic E-state index is 0.241. The van der Waals surface area contributed by atoms with Crippen LogP contribution in [0.25, 0.3) is 11.0 Å². The zero-order valence-corrected chi connectivity index (χ0v) is 25.9. The zero-order valence-electron chi connectivity index (χ0n) is 25.9. The van der Waals surface area contributed by atoms with E-state index in [-0.39, 0.29) is 12.1 Å². The van der Waals surface area contributed by atoms with Gasteiger partial charge >= 0.3 is 0 Å². The van der Waals surface area contributed by atoms with Crippen LogP contribution >= 0.6 is 0 Å². The van der Waals surface area contributed by atoms with Crippen molar-refractivity contribution < 1.29 is 0 Å². The van der Waals surface area contributed by atoms with Crippen LogP contribution in [-0.2, 0) is 32.6 Å². The molecule has 1 aliphatic rings. The Kier molecular flexibility index (Phi) is 8.76. The molecule has 0 fully saturated rings. The Morgan fingerprint density at radius 2 is 1.56 bits per heavy atom. The van der Waals surface area contributed by atoms with E-state index in [2.05, 4.69) is 124 Å². The molecule has 0 bridgehead atoms. The summed E-state index contributed by atoms with van der Waals surface area (Å²) >= 11 is 0. The summed E-state index contributed by atoms with van der Waals surface area (Å²) in [5.74, 6) is 0.994. The van der Waals surface area contributed by atoms with E-state index in [1.54, 1.807) is 0 Å². The van der Waals surface area contributed by atoms with Crippen LogP contribution < -0.4 is 0 Å². The Morgan fingerprint density at radius 1 is 0.756 bits per heavy atom. The molecule has 0 radical (unpaired) electrons. The standard InChI is InChI=1S/C39H40N6/c1-29(32-14-3-2-4-15-32)44(27-34-18-7-8-22-40-34)25-30-12-9-13-31(24-30)26-45(28-38-42-35-19-5-6-20-36(35)43-38)37-21-10-16-33-17-11-23-41-39(33)37/h2-9,11-15,17-20,22-24,29,37H,10,16,21,25-28H2,1H3,(H,42,43). The van der Waals surface area contributed by atoms with Crippen LogP contribution in [0.15, 0.2) is 122 Å². The quantitative estimate of drug-likeness (QED) is 0.164. The smallest absolute Gasteiger partial charge is 0.121 e. The van der Waals surface area contributed by atoms with E-state index in [1.165, 1.54) is 34.4 Å². The van der Waals surface area contributed by atoms with Crippen LogP contribution in [0.4, 0.5) is 0 Å². The van der Waals surface area contributed by atoms with Gasteiger partial charge in [-0.2, -0.15) is 0 Å². The van der Waals surface area contributed by atoms with E-state index in [1.807, 2.05) is 24.5 Å². The van der Waals surface area contributed by atoms with Gasteiger partial charge in [0, 0.05) is 38.1 Å². The topological polar surface area (TPSA) is 60.9 Å². The molecule has 6 nitrogen and oxygen atoms in total. The van der Waals surface area contributed by atoms with Crippen molar-refractivity contribution in [3.63, 3.8) is 0 Å². The first-order valence-corrected chi connectivity index (χ1v) is 16.1. The highest BCUT2D eigenvalue weighted by atomic mass is 15.2. The van der Waals surface area contributed by atoms with Crippen LogP contribution in [0.3, 0.4) is 0 Å². The number of hydrogen-bond acceptors (Lipinski definition) is 5. The minimum Gasteiger partial charge on any atom is -0.341 e. The summed E-state index contributed by atoms with van der Waals surface area (Å²) in [7, 11) is 0. The Labute approximate surface area is 265 Å². The number of imidazole rings is 1. The van der Waals surface area contributed by atoms with Gasteiger partial charge in [0.2, 0.25) is 0 Å². The molecule has 0 aliphatic heterocycles. The first-order valence-electron chi connectivity index (χ1n) is 16.1. The number of benzene rings is 3. The second-order valence-corrected chi connectivity index (χ2v) is 12.2. The number of para-hydroxylation sites is 2. The lowest BCUT2D eigenvalue weighted by Gasteiger charge is -2.35. The second kappa shape index (κ2) is 13.6. The van der Waals surface area contributed by atoms with Gasteiger partial charge in [0.1, 0.15) is 5.82 Å². The van der Waals surface area contributed by atoms with Gasteiger partial charge in [0.25, 0.3) is 0 Å². The number of aromatic nitrogens is 4. The molecule has 1 aliphatic carbocycles. The van der Waals surface area contributed by atoms with Gasteiger partial charge in [0.15, 0.2) is 0 Å². The maximum Gasteiger partial charge on any atom is 0.121 e. The largest absolute Gasteiger partial charge is 0.341 e. The van der Waals surface area contributed by atoms with Crippen molar-refractivity contribution >= 4 is 11.0 Å². The number of fused-ring (bicyclic) bond motifs is 2. The van der Waals surface area contributed by atoms with Crippen LogP contribution in [0, 0.1) is 0 Å². The van der Waals surface area contributed by atoms with Crippen molar-refractivity contribution in [3.8, 4) is 0 Å². The molecule has 6 heteroatoms. The molecule has 7 rings (SSSR count). The van der Waals surface area contributed by atoms with Crippen LogP contribution in [0.2, 0.25) is 0 Å². The van der Waals surface area contributed by atoms with Crippen molar-refractivity contribution in [2.75, 3.05) is 0 Å². The summed E-state index contributed by atoms with van der Waals surface area (Å²) in [5, 5.41) is 0. The normalized spacial score (nSPS) is 15.4. The average Bonchev–Trinajstić information content (AvgIpc) is 3.51. The maximum atomic E-state index is 4.96. The van der Waals surface area contributed by atoms with Crippen molar-refractivity contribution in [2.24, 2.45) is 0 Å². The predicted octanol–water partition coefficient (Wildman–Crippen LogP) is 8.20. The summed E-state index contributed by atoms with van der Waals surface area (Å²) in [5.41, 5.74) is 9.68. The highest BCUT2D eigenvalue weighted by Gasteiger charge is 2.28. The highest BCUT2D eigenvalue weighted by Crippen LogP contribution is 2.35. The molecule has 3 aromatic carbocycles. The number of aryl methyl sites for hydroxylation is 1. The van der Waals surface area contributed by atoms with E-state index in [0.29, 0.717) is 0 Å². The lowest BCUT2D eigenvalue weighted by atomic mass is 9.90. The number of nitrogens with one attached hydrogen (secondary N) is 1. The molecule has 0 saturated heterocycles. The molecular formula is C39H40N6. The Morgan fingerprint density at radius 3 is 2.40 bits per heavy atom. The van der Waals surface area contributed by atoms with Crippen molar-refractivity contribution in [1.82, 2.24) is 29.7 Å². The Hall–Kier alpha value is -4.65. The molecule has 2 atom stereocenters. The molecule has 3 heterocycles. The van der Waals surface area contributed by atoms with Crippen molar-refractivity contribution in [1.29, 1.82) is 0 Å². The fraction of sp³-hybridized carbons (Fsp3) is 0.256. The molecule has 6 aromatic rings. The molecule has 1 N–H and O–H groups in total. The SMILES string of the molecule is CC(c1ccccc1)N(Cc1cccc(CN(Cc2nc3ccccc3[nH]2)C2CCCc3cccnc32)c1)Cc1ccccn1. The zero-order chi connectivity index (χ0) is 30.4. The molecule has 45 heavy (non-hydrogen) atoms. The third-order valence-electron chi connectivity index (χ3n) is 9.08. The minimum absolute atomic E-state index is 0.241. The van der Waals surface area contributed by atoms with Gasteiger partial charge in [-0.15, -0.1) is 0 Å². The van der Waals surface area contributed by atoms with Crippen molar-refractivity contribution in [3.05, 3.63) is 161 Å². The van der Waals surface area contributed by atoms with Crippen LogP contribution in [0.5, 0.6) is 0 Å². The first-order chi connectivity index (χ1) is 22.2. The van der Waals surface area contributed by atoms with Crippen molar-refractivity contribution in [2.45, 2.75) is 64.4 Å². The van der Waals surface area contributed by atoms with Gasteiger partial charge in [-0.3, -0.25) is 19.8 Å². The summed E-state index contributed by atoms with van der Waals surface area (Å²) in [6, 6.07) is 39.2. The van der Waals surface area contributed by atoms with Gasteiger partial charge in [-0.25, -0.2) is 4.98 Å². The lowest BCUT2D eigenvalue weighted by Crippen LogP contribution is -2.32. The summed E-state index contributed by atoms with van der Waals surface area (Å²) in [4.78, 5) is 23.2. The number of nitrogens with zero attached hydrogens (tertiary/aromatic N) is 5. The summed E-state index contributed by atoms with van der Waals surface area (Å²) in [6.07, 6.45) is 7.19. The number of rotatable bonds is 11. The number of aromatic amines is 1. The summed E-state index contributed by atoms with van der Waals surface area (Å²) in [6.45, 7) is 5.46. The first kappa shape index (κ1) is 29.1. The van der Waals surface area contributed by atoms with Crippen LogP contribution in [-0.4, -0.2) is 29.7 Å². The van der Waals surface area contributed by atoms with E-state index >= 15 is 0 Å². The summed E-state index contributed by atoms with van der Waals surface area (Å²) < 4.78 is 0. The van der Waals surface area contributed by atoms with Gasteiger partial charge in [0.05, 0.1) is 35.0 Å². The van der Waals surface area contributed by atoms with E-state index in [9.17, 15) is 0 Å². The molecule has 226 valence electrons. The number of H-pyrrole nitrogens is 1. The van der Waals surface area contributed by atoms with Gasteiger partial charge in [-0.1, -0.05) is 78.9 Å². The monoisotopic (exact) mass is 592 g/mol. The second-order valence-electron chi connectivity index (χ2n) is 12.2. The van der Waals surface area contributed by atoms with E-state index in [0.717, 1.165) is 61.6 Å². The third kappa shape index (κ3) is 6.88. The molecule has 3 aromatic heterocycles. The van der Waals surface area contributed by atoms with Gasteiger partial charge in [-0.05, 0) is 78.8 Å². The Bertz CT molecular complexity index is 1800. The predicted molar refractivity (Wildman–Crippen MR) is 180 cm³/mol. The average molecular weight is 593 g/mol. The number of pyridine rings is 2. The van der Waals surface area contributed by atoms with Crippen LogP contribution in [0.1, 0.15) is 71.3 Å².